The zero-order valence-electron chi connectivity index (χ0n) is 10.3. The Bertz CT molecular complexity index is 352. The molecule has 0 radical (unpaired) electrons. The van der Waals surface area contributed by atoms with E-state index in [0.29, 0.717) is 17.3 Å². The monoisotopic (exact) mass is 292 g/mol. The third-order valence-electron chi connectivity index (χ3n) is 2.15. The lowest BCUT2D eigenvalue weighted by molar-refractivity contribution is -0.422. The molecular formula is C10H16N2O4S2. The van der Waals surface area contributed by atoms with E-state index in [2.05, 4.69) is 5.32 Å². The molecule has 1 heterocycles. The van der Waals surface area contributed by atoms with Crippen LogP contribution in [0.15, 0.2) is 10.7 Å². The van der Waals surface area contributed by atoms with Crippen molar-refractivity contribution in [1.29, 1.82) is 0 Å². The normalized spacial score (nSPS) is 19.7. The average Bonchev–Trinajstić information content (AvgIpc) is 2.30. The average molecular weight is 292 g/mol. The molecule has 1 aliphatic heterocycles. The summed E-state index contributed by atoms with van der Waals surface area (Å²) in [5, 5.41) is 14.2. The summed E-state index contributed by atoms with van der Waals surface area (Å²) in [5.74, 6) is 0.526. The van der Waals surface area contributed by atoms with Crippen LogP contribution in [0.25, 0.3) is 0 Å². The van der Waals surface area contributed by atoms with Crippen molar-refractivity contribution in [2.75, 3.05) is 24.3 Å². The molecule has 8 heteroatoms. The lowest BCUT2D eigenvalue weighted by Crippen LogP contribution is -2.28. The molecule has 1 rings (SSSR count). The van der Waals surface area contributed by atoms with E-state index in [9.17, 15) is 14.9 Å². The molecule has 6 nitrogen and oxygen atoms in total. The topological polar surface area (TPSA) is 81.5 Å². The maximum atomic E-state index is 11.8. The van der Waals surface area contributed by atoms with Crippen LogP contribution in [-0.4, -0.2) is 41.3 Å². The fourth-order valence-electron chi connectivity index (χ4n) is 1.41. The molecule has 0 spiro atoms. The molecule has 0 aliphatic carbocycles. The Morgan fingerprint density at radius 1 is 1.72 bits per heavy atom. The van der Waals surface area contributed by atoms with E-state index >= 15 is 0 Å². The summed E-state index contributed by atoms with van der Waals surface area (Å²) in [4.78, 5) is 22.1. The van der Waals surface area contributed by atoms with Crippen LogP contribution in [0.1, 0.15) is 13.3 Å². The van der Waals surface area contributed by atoms with Crippen LogP contribution < -0.4 is 5.32 Å². The standard InChI is InChI=1S/C10H16N2O4S2/c1-7(6-17-2)16-10(13)8(12(14)15)9-11-4-3-5-18-9/h7,11H,3-6H2,1-2H3/b9-8-. The molecule has 0 aromatic rings. The van der Waals surface area contributed by atoms with Gasteiger partial charge in [-0.15, -0.1) is 11.8 Å². The van der Waals surface area contributed by atoms with Gasteiger partial charge in [0.15, 0.2) is 5.03 Å². The first-order valence-corrected chi connectivity index (χ1v) is 7.89. The van der Waals surface area contributed by atoms with Gasteiger partial charge in [-0.3, -0.25) is 10.1 Å². The highest BCUT2D eigenvalue weighted by atomic mass is 32.2. The Hall–Kier alpha value is -0.890. The molecule has 1 N–H and O–H groups in total. The minimum atomic E-state index is -0.863. The number of rotatable bonds is 5. The molecular weight excluding hydrogens is 276 g/mol. The van der Waals surface area contributed by atoms with Gasteiger partial charge in [0, 0.05) is 18.1 Å². The van der Waals surface area contributed by atoms with Crippen molar-refractivity contribution >= 4 is 29.5 Å². The molecule has 0 aromatic carbocycles. The zero-order chi connectivity index (χ0) is 13.5. The van der Waals surface area contributed by atoms with Crippen LogP contribution in [0, 0.1) is 10.1 Å². The molecule has 0 saturated carbocycles. The van der Waals surface area contributed by atoms with Crippen molar-refractivity contribution in [1.82, 2.24) is 5.32 Å². The first-order chi connectivity index (χ1) is 8.56. The summed E-state index contributed by atoms with van der Waals surface area (Å²) in [5.41, 5.74) is -0.479. The second kappa shape index (κ2) is 7.52. The van der Waals surface area contributed by atoms with Gasteiger partial charge in [-0.25, -0.2) is 4.79 Å². The summed E-state index contributed by atoms with van der Waals surface area (Å²) in [6.07, 6.45) is 2.48. The predicted molar refractivity (Wildman–Crippen MR) is 73.0 cm³/mol. The second-order valence-corrected chi connectivity index (χ2v) is 5.75. The molecule has 18 heavy (non-hydrogen) atoms. The molecule has 0 bridgehead atoms. The van der Waals surface area contributed by atoms with E-state index in [1.807, 2.05) is 6.26 Å². The number of thioether (sulfide) groups is 2. The highest BCUT2D eigenvalue weighted by molar-refractivity contribution is 8.03. The predicted octanol–water partition coefficient (Wildman–Crippen LogP) is 1.45. The van der Waals surface area contributed by atoms with Crippen molar-refractivity contribution in [3.8, 4) is 0 Å². The number of nitrogens with zero attached hydrogens (tertiary/aromatic N) is 1. The fraction of sp³-hybridized carbons (Fsp3) is 0.700. The van der Waals surface area contributed by atoms with Crippen molar-refractivity contribution in [3.63, 3.8) is 0 Å². The first-order valence-electron chi connectivity index (χ1n) is 5.51. The lowest BCUT2D eigenvalue weighted by atomic mass is 10.4. The molecule has 1 saturated heterocycles. The van der Waals surface area contributed by atoms with E-state index in [1.165, 1.54) is 23.5 Å². The largest absolute Gasteiger partial charge is 0.454 e. The fourth-order valence-corrected chi connectivity index (χ4v) is 2.94. The third-order valence-corrected chi connectivity index (χ3v) is 4.08. The van der Waals surface area contributed by atoms with E-state index in [-0.39, 0.29) is 6.10 Å². The number of carbonyl (C=O) groups excluding carboxylic acids is 1. The van der Waals surface area contributed by atoms with Gasteiger partial charge in [-0.1, -0.05) is 0 Å². The minimum absolute atomic E-state index is 0.313. The maximum absolute atomic E-state index is 11.8. The molecule has 1 unspecified atom stereocenters. The Balaban J connectivity index is 2.78. The first kappa shape index (κ1) is 15.2. The van der Waals surface area contributed by atoms with Crippen LogP contribution in [0.4, 0.5) is 0 Å². The molecule has 1 aliphatic rings. The molecule has 1 fully saturated rings. The number of ether oxygens (including phenoxy) is 1. The van der Waals surface area contributed by atoms with E-state index in [4.69, 9.17) is 4.74 Å². The smallest absolute Gasteiger partial charge is 0.413 e. The Morgan fingerprint density at radius 2 is 2.44 bits per heavy atom. The number of hydrogen-bond acceptors (Lipinski definition) is 7. The van der Waals surface area contributed by atoms with Crippen molar-refractivity contribution in [2.45, 2.75) is 19.4 Å². The van der Waals surface area contributed by atoms with E-state index in [1.54, 1.807) is 6.92 Å². The van der Waals surface area contributed by atoms with Crippen LogP contribution in [0.3, 0.4) is 0 Å². The van der Waals surface area contributed by atoms with Gasteiger partial charge in [-0.2, -0.15) is 11.8 Å². The number of nitrogens with one attached hydrogen (secondary N) is 1. The summed E-state index contributed by atoms with van der Waals surface area (Å²) < 4.78 is 5.05. The molecule has 102 valence electrons. The van der Waals surface area contributed by atoms with Gasteiger partial charge in [0.05, 0.1) is 4.92 Å². The third kappa shape index (κ3) is 4.41. The van der Waals surface area contributed by atoms with Crippen molar-refractivity contribution < 1.29 is 14.5 Å². The highest BCUT2D eigenvalue weighted by Gasteiger charge is 2.32. The minimum Gasteiger partial charge on any atom is -0.454 e. The maximum Gasteiger partial charge on any atom is 0.413 e. The van der Waals surface area contributed by atoms with E-state index in [0.717, 1.165) is 12.2 Å². The Morgan fingerprint density at radius 3 is 2.94 bits per heavy atom. The lowest BCUT2D eigenvalue weighted by Gasteiger charge is -2.16. The summed E-state index contributed by atoms with van der Waals surface area (Å²) in [6.45, 7) is 2.37. The summed E-state index contributed by atoms with van der Waals surface area (Å²) in [6, 6.07) is 0. The Labute approximate surface area is 114 Å². The van der Waals surface area contributed by atoms with Crippen LogP contribution in [0.5, 0.6) is 0 Å². The van der Waals surface area contributed by atoms with Gasteiger partial charge >= 0.3 is 11.7 Å². The number of carbonyl (C=O) groups is 1. The van der Waals surface area contributed by atoms with Gasteiger partial charge in [-0.05, 0) is 19.6 Å². The van der Waals surface area contributed by atoms with Gasteiger partial charge in [0.25, 0.3) is 0 Å². The quantitative estimate of drug-likeness (QED) is 0.355. The Kier molecular flexibility index (Phi) is 6.34. The number of hydrogen-bond donors (Lipinski definition) is 1. The van der Waals surface area contributed by atoms with Crippen LogP contribution in [-0.2, 0) is 9.53 Å². The summed E-state index contributed by atoms with van der Waals surface area (Å²) in [7, 11) is 0. The van der Waals surface area contributed by atoms with Crippen LogP contribution in [0.2, 0.25) is 0 Å². The number of esters is 1. The molecule has 0 amide bonds. The summed E-state index contributed by atoms with van der Waals surface area (Å²) >= 11 is 2.81. The van der Waals surface area contributed by atoms with Gasteiger partial charge in [0.1, 0.15) is 6.10 Å². The van der Waals surface area contributed by atoms with Crippen molar-refractivity contribution in [2.24, 2.45) is 0 Å². The van der Waals surface area contributed by atoms with E-state index < -0.39 is 16.6 Å². The molecule has 1 atom stereocenters. The van der Waals surface area contributed by atoms with Gasteiger partial charge < -0.3 is 10.1 Å². The highest BCUT2D eigenvalue weighted by Crippen LogP contribution is 2.23. The zero-order valence-corrected chi connectivity index (χ0v) is 11.9. The number of nitro groups is 1. The SMILES string of the molecule is CSCC(C)OC(=O)/C(=C1\NCCCS1)[N+](=O)[O-]. The van der Waals surface area contributed by atoms with Crippen LogP contribution >= 0.6 is 23.5 Å². The molecule has 0 aromatic heterocycles. The van der Waals surface area contributed by atoms with Gasteiger partial charge in [0.2, 0.25) is 0 Å². The second-order valence-electron chi connectivity index (χ2n) is 3.73. The van der Waals surface area contributed by atoms with Crippen molar-refractivity contribution in [3.05, 3.63) is 20.8 Å².